The Labute approximate surface area is 114 Å². The van der Waals surface area contributed by atoms with E-state index in [2.05, 4.69) is 0 Å². The highest BCUT2D eigenvalue weighted by atomic mass is 19.4. The first-order valence-corrected chi connectivity index (χ1v) is 6.34. The molecule has 110 valence electrons. The van der Waals surface area contributed by atoms with E-state index < -0.39 is 18.6 Å². The minimum Gasteiger partial charge on any atom is -0.459 e. The molecule has 0 saturated heterocycles. The van der Waals surface area contributed by atoms with Crippen LogP contribution < -0.4 is 5.73 Å². The van der Waals surface area contributed by atoms with E-state index in [-0.39, 0.29) is 19.6 Å². The number of para-hydroxylation sites is 1. The fourth-order valence-corrected chi connectivity index (χ4v) is 1.85. The van der Waals surface area contributed by atoms with Crippen molar-refractivity contribution in [3.63, 3.8) is 0 Å². The molecule has 0 aliphatic carbocycles. The van der Waals surface area contributed by atoms with Crippen LogP contribution >= 0.6 is 0 Å². The molecule has 1 unspecified atom stereocenters. The number of ether oxygens (including phenoxy) is 1. The van der Waals surface area contributed by atoms with Gasteiger partial charge >= 0.3 is 6.18 Å². The zero-order valence-corrected chi connectivity index (χ0v) is 10.8. The van der Waals surface area contributed by atoms with Crippen LogP contribution in [0.5, 0.6) is 0 Å². The number of alkyl halides is 3. The monoisotopic (exact) mass is 287 g/mol. The summed E-state index contributed by atoms with van der Waals surface area (Å²) in [6.45, 7) is 0.172. The summed E-state index contributed by atoms with van der Waals surface area (Å²) in [6.07, 6.45) is -5.03. The number of halogens is 3. The van der Waals surface area contributed by atoms with Crippen LogP contribution in [0.4, 0.5) is 13.2 Å². The number of hydrogen-bond donors (Lipinski definition) is 1. The molecule has 0 aliphatic rings. The van der Waals surface area contributed by atoms with Crippen molar-refractivity contribution in [3.8, 4) is 0 Å². The molecular formula is C14H16F3NO2. The highest BCUT2D eigenvalue weighted by Gasteiger charge is 2.26. The van der Waals surface area contributed by atoms with Gasteiger partial charge in [-0.25, -0.2) is 0 Å². The Kier molecular flexibility index (Phi) is 4.67. The largest absolute Gasteiger partial charge is 0.459 e. The normalized spacial score (nSPS) is 13.8. The Morgan fingerprint density at radius 1 is 1.25 bits per heavy atom. The lowest BCUT2D eigenvalue weighted by Gasteiger charge is -2.10. The number of benzene rings is 1. The van der Waals surface area contributed by atoms with E-state index >= 15 is 0 Å². The van der Waals surface area contributed by atoms with Gasteiger partial charge in [0.05, 0.1) is 12.6 Å². The molecule has 0 spiro atoms. The highest BCUT2D eigenvalue weighted by Crippen LogP contribution is 2.23. The van der Waals surface area contributed by atoms with Gasteiger partial charge in [-0.05, 0) is 18.6 Å². The first-order chi connectivity index (χ1) is 9.46. The van der Waals surface area contributed by atoms with Crippen molar-refractivity contribution in [2.75, 3.05) is 13.2 Å². The minimum atomic E-state index is -4.13. The Balaban J connectivity index is 1.78. The third-order valence-corrected chi connectivity index (χ3v) is 2.86. The molecule has 20 heavy (non-hydrogen) atoms. The van der Waals surface area contributed by atoms with E-state index in [9.17, 15) is 13.2 Å². The first kappa shape index (κ1) is 14.9. The molecule has 0 fully saturated rings. The third kappa shape index (κ3) is 4.25. The average Bonchev–Trinajstić information content (AvgIpc) is 2.80. The molecule has 6 heteroatoms. The molecule has 2 rings (SSSR count). The van der Waals surface area contributed by atoms with Crippen LogP contribution in [-0.4, -0.2) is 19.4 Å². The van der Waals surface area contributed by atoms with E-state index in [1.54, 1.807) is 0 Å². The van der Waals surface area contributed by atoms with Gasteiger partial charge in [0.25, 0.3) is 0 Å². The number of hydrogen-bond acceptors (Lipinski definition) is 3. The quantitative estimate of drug-likeness (QED) is 0.822. The van der Waals surface area contributed by atoms with Gasteiger partial charge in [0.2, 0.25) is 0 Å². The maximum absolute atomic E-state index is 11.9. The van der Waals surface area contributed by atoms with Crippen molar-refractivity contribution < 1.29 is 22.3 Å². The van der Waals surface area contributed by atoms with E-state index in [1.165, 1.54) is 0 Å². The molecule has 1 aromatic heterocycles. The fourth-order valence-electron chi connectivity index (χ4n) is 1.85. The maximum Gasteiger partial charge on any atom is 0.389 e. The standard InChI is InChI=1S/C14H16F3NO2/c15-14(16,17)6-3-7-19-9-11(18)13-8-10-4-1-2-5-12(10)20-13/h1-2,4-5,8,11H,3,6-7,9,18H2. The fraction of sp³-hybridized carbons (Fsp3) is 0.429. The van der Waals surface area contributed by atoms with Crippen LogP contribution in [0.25, 0.3) is 11.0 Å². The van der Waals surface area contributed by atoms with Crippen LogP contribution in [0.15, 0.2) is 34.7 Å². The molecule has 2 N–H and O–H groups in total. The predicted molar refractivity (Wildman–Crippen MR) is 69.3 cm³/mol. The summed E-state index contributed by atoms with van der Waals surface area (Å²) in [5.74, 6) is 0.571. The SMILES string of the molecule is NC(COCCCC(F)(F)F)c1cc2ccccc2o1. The second-order valence-corrected chi connectivity index (χ2v) is 4.59. The van der Waals surface area contributed by atoms with Gasteiger partial charge in [-0.1, -0.05) is 18.2 Å². The van der Waals surface area contributed by atoms with Crippen molar-refractivity contribution in [3.05, 3.63) is 36.1 Å². The number of rotatable bonds is 6. The lowest BCUT2D eigenvalue weighted by Crippen LogP contribution is -2.17. The lowest BCUT2D eigenvalue weighted by atomic mass is 10.2. The van der Waals surface area contributed by atoms with Gasteiger partial charge in [-0.3, -0.25) is 0 Å². The highest BCUT2D eigenvalue weighted by molar-refractivity contribution is 5.77. The van der Waals surface area contributed by atoms with Crippen LogP contribution in [0.2, 0.25) is 0 Å². The van der Waals surface area contributed by atoms with Gasteiger partial charge in [0.1, 0.15) is 11.3 Å². The number of furan rings is 1. The van der Waals surface area contributed by atoms with Crippen LogP contribution in [0.3, 0.4) is 0 Å². The molecule has 0 aliphatic heterocycles. The molecular weight excluding hydrogens is 271 g/mol. The van der Waals surface area contributed by atoms with Gasteiger partial charge in [0.15, 0.2) is 0 Å². The van der Waals surface area contributed by atoms with E-state index in [1.807, 2.05) is 30.3 Å². The van der Waals surface area contributed by atoms with E-state index in [4.69, 9.17) is 14.9 Å². The topological polar surface area (TPSA) is 48.4 Å². The summed E-state index contributed by atoms with van der Waals surface area (Å²) >= 11 is 0. The summed E-state index contributed by atoms with van der Waals surface area (Å²) < 4.78 is 46.5. The van der Waals surface area contributed by atoms with E-state index in [0.717, 1.165) is 11.0 Å². The lowest BCUT2D eigenvalue weighted by molar-refractivity contribution is -0.138. The average molecular weight is 287 g/mol. The Morgan fingerprint density at radius 3 is 2.70 bits per heavy atom. The summed E-state index contributed by atoms with van der Waals surface area (Å²) in [5, 5.41) is 0.940. The molecule has 1 heterocycles. The molecule has 3 nitrogen and oxygen atoms in total. The Bertz CT molecular complexity index is 518. The smallest absolute Gasteiger partial charge is 0.389 e. The van der Waals surface area contributed by atoms with Gasteiger partial charge in [0, 0.05) is 18.4 Å². The molecule has 0 saturated carbocycles. The minimum absolute atomic E-state index is 0.0352. The molecule has 2 aromatic rings. The second-order valence-electron chi connectivity index (χ2n) is 4.59. The summed E-state index contributed by atoms with van der Waals surface area (Å²) in [7, 11) is 0. The van der Waals surface area contributed by atoms with Crippen molar-refractivity contribution >= 4 is 11.0 Å². The van der Waals surface area contributed by atoms with Crippen LogP contribution in [-0.2, 0) is 4.74 Å². The number of fused-ring (bicyclic) bond motifs is 1. The van der Waals surface area contributed by atoms with Crippen molar-refractivity contribution in [2.24, 2.45) is 5.73 Å². The molecule has 0 radical (unpaired) electrons. The summed E-state index contributed by atoms with van der Waals surface area (Å²) in [4.78, 5) is 0. The van der Waals surface area contributed by atoms with E-state index in [0.29, 0.717) is 5.76 Å². The van der Waals surface area contributed by atoms with Crippen molar-refractivity contribution in [1.82, 2.24) is 0 Å². The summed E-state index contributed by atoms with van der Waals surface area (Å²) in [6, 6.07) is 8.82. The predicted octanol–water partition coefficient (Wildman–Crippen LogP) is 3.79. The maximum atomic E-state index is 11.9. The second kappa shape index (κ2) is 6.28. The van der Waals surface area contributed by atoms with Crippen molar-refractivity contribution in [2.45, 2.75) is 25.1 Å². The number of nitrogens with two attached hydrogens (primary N) is 1. The molecule has 1 aromatic carbocycles. The summed E-state index contributed by atoms with van der Waals surface area (Å²) in [5.41, 5.74) is 6.62. The van der Waals surface area contributed by atoms with Crippen molar-refractivity contribution in [1.29, 1.82) is 0 Å². The molecule has 1 atom stereocenters. The first-order valence-electron chi connectivity index (χ1n) is 6.34. The van der Waals surface area contributed by atoms with Gasteiger partial charge in [-0.2, -0.15) is 13.2 Å². The van der Waals surface area contributed by atoms with Gasteiger partial charge in [-0.15, -0.1) is 0 Å². The Morgan fingerprint density at radius 2 is 2.00 bits per heavy atom. The Hall–Kier alpha value is -1.53. The van der Waals surface area contributed by atoms with Crippen LogP contribution in [0, 0.1) is 0 Å². The molecule has 0 amide bonds. The third-order valence-electron chi connectivity index (χ3n) is 2.86. The zero-order chi connectivity index (χ0) is 14.6. The molecule has 0 bridgehead atoms. The van der Waals surface area contributed by atoms with Gasteiger partial charge < -0.3 is 14.9 Å². The zero-order valence-electron chi connectivity index (χ0n) is 10.8. The van der Waals surface area contributed by atoms with Crippen LogP contribution in [0.1, 0.15) is 24.6 Å².